The maximum absolute atomic E-state index is 9.48. The summed E-state index contributed by atoms with van der Waals surface area (Å²) in [5.74, 6) is 0.629. The molecule has 22 heavy (non-hydrogen) atoms. The Kier molecular flexibility index (Phi) is 2.77. The second-order valence-corrected chi connectivity index (χ2v) is 5.68. The number of allylic oxidation sites excluding steroid dienone is 1. The molecule has 6 nitrogen and oxygen atoms in total. The number of hydrogen-bond donors (Lipinski definition) is 2. The van der Waals surface area contributed by atoms with E-state index in [2.05, 4.69) is 16.3 Å². The fourth-order valence-electron chi connectivity index (χ4n) is 2.59. The molecule has 0 aliphatic carbocycles. The molecule has 0 saturated carbocycles. The molecule has 1 aliphatic rings. The lowest BCUT2D eigenvalue weighted by atomic mass is 9.87. The number of nitrogens with one attached hydrogen (secondary N) is 1. The van der Waals surface area contributed by atoms with Crippen molar-refractivity contribution in [2.45, 2.75) is 5.92 Å². The van der Waals surface area contributed by atoms with E-state index in [1.807, 2.05) is 23.6 Å². The Morgan fingerprint density at radius 1 is 1.36 bits per heavy atom. The van der Waals surface area contributed by atoms with Crippen molar-refractivity contribution in [3.8, 4) is 22.5 Å². The molecule has 4 heterocycles. The zero-order valence-corrected chi connectivity index (χ0v) is 12.1. The molecule has 108 valence electrons. The van der Waals surface area contributed by atoms with Crippen LogP contribution < -0.4 is 10.5 Å². The molecule has 4 rings (SSSR count). The standard InChI is InChI=1S/C15H10N4O2S/c16-7-8-11(9-3-1-5-20-9)12-13(10-4-2-6-22-10)18-19-15(12)21-14(8)17/h1-6,11H,17H2,(H,18,19)/t11-/m1/s1. The average Bonchev–Trinajstić information content (AvgIpc) is 3.26. The number of aromatic amines is 1. The van der Waals surface area contributed by atoms with Crippen molar-refractivity contribution < 1.29 is 9.15 Å². The van der Waals surface area contributed by atoms with E-state index < -0.39 is 5.92 Å². The van der Waals surface area contributed by atoms with Gasteiger partial charge < -0.3 is 14.9 Å². The van der Waals surface area contributed by atoms with Crippen molar-refractivity contribution in [1.29, 1.82) is 5.26 Å². The van der Waals surface area contributed by atoms with Crippen molar-refractivity contribution in [2.75, 3.05) is 0 Å². The lowest BCUT2D eigenvalue weighted by Crippen LogP contribution is -2.20. The number of furan rings is 1. The van der Waals surface area contributed by atoms with Gasteiger partial charge in [0.25, 0.3) is 0 Å². The van der Waals surface area contributed by atoms with Gasteiger partial charge in [-0.05, 0) is 23.6 Å². The molecule has 0 radical (unpaired) electrons. The molecular weight excluding hydrogens is 300 g/mol. The lowest BCUT2D eigenvalue weighted by Gasteiger charge is -2.21. The fraction of sp³-hybridized carbons (Fsp3) is 0.0667. The predicted molar refractivity (Wildman–Crippen MR) is 79.9 cm³/mol. The predicted octanol–water partition coefficient (Wildman–Crippen LogP) is 2.95. The van der Waals surface area contributed by atoms with Crippen molar-refractivity contribution in [2.24, 2.45) is 5.73 Å². The Morgan fingerprint density at radius 2 is 2.27 bits per heavy atom. The second kappa shape index (κ2) is 4.79. The Morgan fingerprint density at radius 3 is 2.95 bits per heavy atom. The van der Waals surface area contributed by atoms with Crippen LogP contribution in [0.4, 0.5) is 0 Å². The van der Waals surface area contributed by atoms with Crippen LogP contribution in [0.1, 0.15) is 17.2 Å². The molecule has 1 aliphatic heterocycles. The zero-order chi connectivity index (χ0) is 15.1. The van der Waals surface area contributed by atoms with E-state index in [0.29, 0.717) is 17.2 Å². The third kappa shape index (κ3) is 1.75. The number of H-pyrrole nitrogens is 1. The average molecular weight is 310 g/mol. The lowest BCUT2D eigenvalue weighted by molar-refractivity contribution is 0.371. The molecule has 3 aromatic heterocycles. The number of ether oxygens (including phenoxy) is 1. The third-order valence-electron chi connectivity index (χ3n) is 3.53. The minimum Gasteiger partial charge on any atom is -0.468 e. The van der Waals surface area contributed by atoms with Gasteiger partial charge in [-0.15, -0.1) is 16.4 Å². The number of nitrogens with two attached hydrogens (primary N) is 1. The van der Waals surface area contributed by atoms with Crippen LogP contribution in [-0.2, 0) is 0 Å². The molecule has 0 unspecified atom stereocenters. The van der Waals surface area contributed by atoms with Gasteiger partial charge in [0.2, 0.25) is 11.8 Å². The minimum absolute atomic E-state index is 0.0561. The highest BCUT2D eigenvalue weighted by Gasteiger charge is 2.37. The van der Waals surface area contributed by atoms with Crippen LogP contribution >= 0.6 is 11.3 Å². The molecule has 0 bridgehead atoms. The monoisotopic (exact) mass is 310 g/mol. The number of thiophene rings is 1. The van der Waals surface area contributed by atoms with Crippen LogP contribution in [0.2, 0.25) is 0 Å². The second-order valence-electron chi connectivity index (χ2n) is 4.73. The molecular formula is C15H10N4O2S. The normalized spacial score (nSPS) is 17.0. The third-order valence-corrected chi connectivity index (χ3v) is 4.42. The topological polar surface area (TPSA) is 101 Å². The summed E-state index contributed by atoms with van der Waals surface area (Å²) in [6.07, 6.45) is 1.57. The van der Waals surface area contributed by atoms with Crippen LogP contribution in [0.25, 0.3) is 10.6 Å². The SMILES string of the molecule is N#CC1=C(N)Oc2n[nH]c(-c3cccs3)c2[C@H]1c1ccco1. The van der Waals surface area contributed by atoms with E-state index in [1.54, 1.807) is 23.7 Å². The summed E-state index contributed by atoms with van der Waals surface area (Å²) in [6.45, 7) is 0. The van der Waals surface area contributed by atoms with Crippen LogP contribution in [-0.4, -0.2) is 10.2 Å². The van der Waals surface area contributed by atoms with Gasteiger partial charge in [0.1, 0.15) is 17.4 Å². The van der Waals surface area contributed by atoms with Gasteiger partial charge in [-0.3, -0.25) is 5.10 Å². The van der Waals surface area contributed by atoms with Gasteiger partial charge in [-0.25, -0.2) is 0 Å². The minimum atomic E-state index is -0.431. The Hall–Kier alpha value is -2.98. The first-order valence-corrected chi connectivity index (χ1v) is 7.40. The summed E-state index contributed by atoms with van der Waals surface area (Å²) in [7, 11) is 0. The summed E-state index contributed by atoms with van der Waals surface area (Å²) < 4.78 is 11.0. The van der Waals surface area contributed by atoms with E-state index in [-0.39, 0.29) is 5.88 Å². The molecule has 0 fully saturated rings. The van der Waals surface area contributed by atoms with Crippen molar-refractivity contribution >= 4 is 11.3 Å². The van der Waals surface area contributed by atoms with Gasteiger partial charge in [0.05, 0.1) is 28.3 Å². The first kappa shape index (κ1) is 12.7. The summed E-state index contributed by atoms with van der Waals surface area (Å²) in [6, 6.07) is 9.65. The van der Waals surface area contributed by atoms with Gasteiger partial charge in [-0.2, -0.15) is 5.26 Å². The van der Waals surface area contributed by atoms with Crippen molar-refractivity contribution in [3.05, 3.63) is 58.7 Å². The number of fused-ring (bicyclic) bond motifs is 1. The summed E-state index contributed by atoms with van der Waals surface area (Å²) in [5, 5.41) is 18.6. The molecule has 3 N–H and O–H groups in total. The Labute approximate surface area is 129 Å². The number of nitriles is 1. The van der Waals surface area contributed by atoms with E-state index in [9.17, 15) is 5.26 Å². The summed E-state index contributed by atoms with van der Waals surface area (Å²) >= 11 is 1.57. The van der Waals surface area contributed by atoms with E-state index in [1.165, 1.54) is 0 Å². The maximum atomic E-state index is 9.48. The molecule has 0 spiro atoms. The molecule has 0 aromatic carbocycles. The number of hydrogen-bond acceptors (Lipinski definition) is 6. The van der Waals surface area contributed by atoms with Crippen molar-refractivity contribution in [1.82, 2.24) is 10.2 Å². The summed E-state index contributed by atoms with van der Waals surface area (Å²) in [4.78, 5) is 1.01. The van der Waals surface area contributed by atoms with Crippen LogP contribution in [0.15, 0.2) is 51.8 Å². The Bertz CT molecular complexity index is 885. The van der Waals surface area contributed by atoms with Crippen LogP contribution in [0, 0.1) is 11.3 Å². The van der Waals surface area contributed by atoms with Gasteiger partial charge in [-0.1, -0.05) is 6.07 Å². The van der Waals surface area contributed by atoms with Crippen molar-refractivity contribution in [3.63, 3.8) is 0 Å². The van der Waals surface area contributed by atoms with Crippen LogP contribution in [0.3, 0.4) is 0 Å². The van der Waals surface area contributed by atoms with Crippen LogP contribution in [0.5, 0.6) is 5.88 Å². The number of aromatic nitrogens is 2. The quantitative estimate of drug-likeness (QED) is 0.758. The van der Waals surface area contributed by atoms with E-state index >= 15 is 0 Å². The first-order chi connectivity index (χ1) is 10.8. The highest BCUT2D eigenvalue weighted by Crippen LogP contribution is 2.46. The highest BCUT2D eigenvalue weighted by molar-refractivity contribution is 7.13. The summed E-state index contributed by atoms with van der Waals surface area (Å²) in [5.41, 5.74) is 7.77. The molecule has 1 atom stereocenters. The first-order valence-electron chi connectivity index (χ1n) is 6.52. The number of rotatable bonds is 2. The molecule has 3 aromatic rings. The zero-order valence-electron chi connectivity index (χ0n) is 11.2. The fourth-order valence-corrected chi connectivity index (χ4v) is 3.33. The molecule has 0 amide bonds. The Balaban J connectivity index is 1.97. The number of nitrogens with zero attached hydrogens (tertiary/aromatic N) is 2. The smallest absolute Gasteiger partial charge is 0.244 e. The van der Waals surface area contributed by atoms with Gasteiger partial charge in [0.15, 0.2) is 0 Å². The van der Waals surface area contributed by atoms with Gasteiger partial charge in [0, 0.05) is 0 Å². The molecule has 7 heteroatoms. The molecule has 0 saturated heterocycles. The van der Waals surface area contributed by atoms with E-state index in [4.69, 9.17) is 14.9 Å². The highest BCUT2D eigenvalue weighted by atomic mass is 32.1. The largest absolute Gasteiger partial charge is 0.468 e. The maximum Gasteiger partial charge on any atom is 0.244 e. The van der Waals surface area contributed by atoms with Gasteiger partial charge >= 0.3 is 0 Å². The van der Waals surface area contributed by atoms with E-state index in [0.717, 1.165) is 16.1 Å².